The standard InChI is InChI=1S/C31H29FN4O2S/c1-21-12-14-25(15-13-21)36-31-28(29(33-36)22-8-3-2-4-9-22)30(23-10-7-11-24(32)18-23)39-20-27(38)35(31)19-26(37)34-16-5-6-17-34/h2-4,7-15,18,30H,5-6,16-17,19-20H2,1H3. The van der Waals surface area contributed by atoms with Crippen LogP contribution in [0.4, 0.5) is 10.2 Å². The molecular weight excluding hydrogens is 511 g/mol. The van der Waals surface area contributed by atoms with E-state index in [1.54, 1.807) is 15.6 Å². The quantitative estimate of drug-likeness (QED) is 0.322. The summed E-state index contributed by atoms with van der Waals surface area (Å²) in [6.07, 6.45) is 1.95. The molecule has 0 saturated carbocycles. The number of aromatic nitrogens is 2. The van der Waals surface area contributed by atoms with Crippen LogP contribution in [0.15, 0.2) is 78.9 Å². The van der Waals surface area contributed by atoms with Crippen molar-refractivity contribution in [3.05, 3.63) is 101 Å². The maximum Gasteiger partial charge on any atom is 0.242 e. The average molecular weight is 541 g/mol. The van der Waals surface area contributed by atoms with Gasteiger partial charge in [0.05, 0.1) is 22.4 Å². The van der Waals surface area contributed by atoms with E-state index in [1.807, 2.05) is 72.5 Å². The van der Waals surface area contributed by atoms with Crippen molar-refractivity contribution < 1.29 is 14.0 Å². The summed E-state index contributed by atoms with van der Waals surface area (Å²) >= 11 is 1.44. The number of aryl methyl sites for hydroxylation is 1. The fourth-order valence-electron chi connectivity index (χ4n) is 5.33. The van der Waals surface area contributed by atoms with E-state index in [0.29, 0.717) is 24.6 Å². The number of amides is 2. The molecule has 39 heavy (non-hydrogen) atoms. The number of carbonyl (C=O) groups excluding carboxylic acids is 2. The average Bonchev–Trinajstić information content (AvgIpc) is 3.59. The number of thioether (sulfide) groups is 1. The molecule has 0 aliphatic carbocycles. The van der Waals surface area contributed by atoms with E-state index >= 15 is 0 Å². The van der Waals surface area contributed by atoms with Crippen LogP contribution in [0.1, 0.15) is 34.8 Å². The maximum atomic E-state index is 14.5. The summed E-state index contributed by atoms with van der Waals surface area (Å²) < 4.78 is 16.3. The highest BCUT2D eigenvalue weighted by Crippen LogP contribution is 2.48. The summed E-state index contributed by atoms with van der Waals surface area (Å²) in [6.45, 7) is 3.37. The van der Waals surface area contributed by atoms with Crippen LogP contribution >= 0.6 is 11.8 Å². The molecule has 0 N–H and O–H groups in total. The molecule has 1 saturated heterocycles. The van der Waals surface area contributed by atoms with Gasteiger partial charge in [0.25, 0.3) is 0 Å². The molecule has 0 radical (unpaired) electrons. The third-order valence-electron chi connectivity index (χ3n) is 7.32. The number of hydrogen-bond donors (Lipinski definition) is 0. The van der Waals surface area contributed by atoms with Crippen LogP contribution in [-0.4, -0.2) is 51.9 Å². The molecule has 0 bridgehead atoms. The molecule has 3 aromatic carbocycles. The molecule has 198 valence electrons. The molecule has 2 amide bonds. The zero-order valence-electron chi connectivity index (χ0n) is 21.7. The molecule has 1 aromatic heterocycles. The van der Waals surface area contributed by atoms with Crippen molar-refractivity contribution in [1.29, 1.82) is 0 Å². The van der Waals surface area contributed by atoms with E-state index in [1.165, 1.54) is 23.9 Å². The molecule has 0 spiro atoms. The van der Waals surface area contributed by atoms with Gasteiger partial charge in [0.1, 0.15) is 18.2 Å². The second-order valence-corrected chi connectivity index (χ2v) is 11.1. The molecule has 4 aromatic rings. The Balaban J connectivity index is 1.60. The highest BCUT2D eigenvalue weighted by molar-refractivity contribution is 8.00. The van der Waals surface area contributed by atoms with Gasteiger partial charge in [-0.05, 0) is 49.6 Å². The lowest BCUT2D eigenvalue weighted by atomic mass is 9.99. The fraction of sp³-hybridized carbons (Fsp3) is 0.258. The summed E-state index contributed by atoms with van der Waals surface area (Å²) in [6, 6.07) is 24.3. The lowest BCUT2D eigenvalue weighted by Crippen LogP contribution is -2.43. The first-order chi connectivity index (χ1) is 19.0. The lowest BCUT2D eigenvalue weighted by Gasteiger charge is -2.25. The van der Waals surface area contributed by atoms with Crippen molar-refractivity contribution in [3.8, 4) is 16.9 Å². The molecule has 3 heterocycles. The number of fused-ring (bicyclic) bond motifs is 1. The van der Waals surface area contributed by atoms with Crippen molar-refractivity contribution in [1.82, 2.24) is 14.7 Å². The fourth-order valence-corrected chi connectivity index (χ4v) is 6.52. The summed E-state index contributed by atoms with van der Waals surface area (Å²) in [4.78, 5) is 30.6. The molecule has 6 rings (SSSR count). The summed E-state index contributed by atoms with van der Waals surface area (Å²) in [5.74, 6) is 0.151. The third kappa shape index (κ3) is 4.96. The Bertz CT molecular complexity index is 1510. The first-order valence-electron chi connectivity index (χ1n) is 13.2. The molecule has 6 nitrogen and oxygen atoms in total. The van der Waals surface area contributed by atoms with E-state index in [9.17, 15) is 14.0 Å². The SMILES string of the molecule is Cc1ccc(-n2nc(-c3ccccc3)c3c2N(CC(=O)N2CCCC2)C(=O)CSC3c2cccc(F)c2)cc1. The van der Waals surface area contributed by atoms with Gasteiger partial charge >= 0.3 is 0 Å². The third-order valence-corrected chi connectivity index (χ3v) is 8.57. The van der Waals surface area contributed by atoms with Crippen molar-refractivity contribution in [2.24, 2.45) is 0 Å². The number of halogens is 1. The van der Waals surface area contributed by atoms with E-state index in [-0.39, 0.29) is 35.2 Å². The minimum Gasteiger partial charge on any atom is -0.341 e. The van der Waals surface area contributed by atoms with Gasteiger partial charge in [0.15, 0.2) is 0 Å². The number of rotatable bonds is 5. The van der Waals surface area contributed by atoms with Crippen LogP contribution in [0.3, 0.4) is 0 Å². The number of benzene rings is 3. The Morgan fingerprint density at radius 1 is 1.00 bits per heavy atom. The zero-order chi connectivity index (χ0) is 26.9. The molecule has 2 aliphatic rings. The lowest BCUT2D eigenvalue weighted by molar-refractivity contribution is -0.130. The van der Waals surface area contributed by atoms with Crippen molar-refractivity contribution in [3.63, 3.8) is 0 Å². The van der Waals surface area contributed by atoms with Crippen molar-refractivity contribution >= 4 is 29.4 Å². The number of anilines is 1. The topological polar surface area (TPSA) is 58.4 Å². The molecule has 8 heteroatoms. The predicted molar refractivity (Wildman–Crippen MR) is 153 cm³/mol. The van der Waals surface area contributed by atoms with Crippen LogP contribution in [0.2, 0.25) is 0 Å². The Labute approximate surface area is 231 Å². The Hall–Kier alpha value is -3.91. The predicted octanol–water partition coefficient (Wildman–Crippen LogP) is 5.78. The van der Waals surface area contributed by atoms with E-state index in [4.69, 9.17) is 5.10 Å². The molecule has 2 aliphatic heterocycles. The minimum atomic E-state index is -0.360. The molecule has 1 atom stereocenters. The zero-order valence-corrected chi connectivity index (χ0v) is 22.5. The second-order valence-electron chi connectivity index (χ2n) is 10.0. The van der Waals surface area contributed by atoms with Gasteiger partial charge in [-0.15, -0.1) is 11.8 Å². The monoisotopic (exact) mass is 540 g/mol. The summed E-state index contributed by atoms with van der Waals surface area (Å²) in [7, 11) is 0. The minimum absolute atomic E-state index is 0.0615. The Morgan fingerprint density at radius 2 is 1.74 bits per heavy atom. The number of hydrogen-bond acceptors (Lipinski definition) is 4. The summed E-state index contributed by atoms with van der Waals surface area (Å²) in [5.41, 5.74) is 5.05. The number of nitrogens with zero attached hydrogens (tertiary/aromatic N) is 4. The van der Waals surface area contributed by atoms with E-state index in [0.717, 1.165) is 40.8 Å². The van der Waals surface area contributed by atoms with Crippen LogP contribution < -0.4 is 4.90 Å². The van der Waals surface area contributed by atoms with Gasteiger partial charge < -0.3 is 4.90 Å². The largest absolute Gasteiger partial charge is 0.341 e. The first kappa shape index (κ1) is 25.4. The molecule has 1 unspecified atom stereocenters. The van der Waals surface area contributed by atoms with Gasteiger partial charge in [-0.25, -0.2) is 9.07 Å². The van der Waals surface area contributed by atoms with Crippen LogP contribution in [0.25, 0.3) is 16.9 Å². The maximum absolute atomic E-state index is 14.5. The second kappa shape index (κ2) is 10.7. The molecule has 1 fully saturated rings. The van der Waals surface area contributed by atoms with Crippen LogP contribution in [0, 0.1) is 12.7 Å². The molecular formula is C31H29FN4O2S. The van der Waals surface area contributed by atoms with Gasteiger partial charge in [-0.2, -0.15) is 5.10 Å². The number of likely N-dealkylation sites (tertiary alicyclic amines) is 1. The Morgan fingerprint density at radius 3 is 2.46 bits per heavy atom. The van der Waals surface area contributed by atoms with Gasteiger partial charge in [-0.1, -0.05) is 60.2 Å². The summed E-state index contributed by atoms with van der Waals surface area (Å²) in [5, 5.41) is 4.72. The van der Waals surface area contributed by atoms with Crippen LogP contribution in [0.5, 0.6) is 0 Å². The normalized spacial score (nSPS) is 17.3. The first-order valence-corrected chi connectivity index (χ1v) is 14.2. The highest BCUT2D eigenvalue weighted by atomic mass is 32.2. The smallest absolute Gasteiger partial charge is 0.242 e. The number of carbonyl (C=O) groups is 2. The highest BCUT2D eigenvalue weighted by Gasteiger charge is 2.38. The van der Waals surface area contributed by atoms with E-state index < -0.39 is 0 Å². The van der Waals surface area contributed by atoms with Crippen LogP contribution in [-0.2, 0) is 9.59 Å². The van der Waals surface area contributed by atoms with Crippen molar-refractivity contribution in [2.75, 3.05) is 30.3 Å². The van der Waals surface area contributed by atoms with Gasteiger partial charge in [0, 0.05) is 24.2 Å². The van der Waals surface area contributed by atoms with Gasteiger partial charge in [0.2, 0.25) is 11.8 Å². The van der Waals surface area contributed by atoms with Gasteiger partial charge in [-0.3, -0.25) is 14.5 Å². The van der Waals surface area contributed by atoms with Crippen molar-refractivity contribution in [2.45, 2.75) is 25.0 Å². The van der Waals surface area contributed by atoms with E-state index in [2.05, 4.69) is 0 Å². The Kier molecular flexibility index (Phi) is 6.95.